The highest BCUT2D eigenvalue weighted by molar-refractivity contribution is 5.85. The molecule has 1 aliphatic heterocycles. The van der Waals surface area contributed by atoms with E-state index >= 15 is 0 Å². The van der Waals surface area contributed by atoms with Crippen LogP contribution in [0.3, 0.4) is 0 Å². The molecule has 1 N–H and O–H groups in total. The van der Waals surface area contributed by atoms with Gasteiger partial charge in [-0.15, -0.1) is 0 Å². The van der Waals surface area contributed by atoms with Gasteiger partial charge in [0.2, 0.25) is 0 Å². The van der Waals surface area contributed by atoms with Crippen molar-refractivity contribution < 1.29 is 9.90 Å². The van der Waals surface area contributed by atoms with Crippen LogP contribution in [0.25, 0.3) is 0 Å². The van der Waals surface area contributed by atoms with Crippen molar-refractivity contribution in [3.05, 3.63) is 0 Å². The Bertz CT molecular complexity index is 203. The molecular weight excluding hydrogens is 166 g/mol. The normalized spacial score (nSPS) is 34.5. The molecule has 2 atom stereocenters. The van der Waals surface area contributed by atoms with Gasteiger partial charge in [0.25, 0.3) is 0 Å². The molecule has 0 aromatic carbocycles. The Morgan fingerprint density at radius 3 is 2.08 bits per heavy atom. The van der Waals surface area contributed by atoms with Gasteiger partial charge in [-0.3, -0.25) is 4.79 Å². The lowest BCUT2D eigenvalue weighted by molar-refractivity contribution is -0.155. The molecule has 1 rings (SSSR count). The minimum Gasteiger partial charge on any atom is -0.381 e. The lowest BCUT2D eigenvalue weighted by atomic mass is 9.73. The molecule has 0 aliphatic carbocycles. The fraction of sp³-hybridized carbons (Fsp3) is 0.900. The summed E-state index contributed by atoms with van der Waals surface area (Å²) in [4.78, 5) is 13.5. The summed E-state index contributed by atoms with van der Waals surface area (Å²) < 4.78 is 0. The average molecular weight is 185 g/mol. The van der Waals surface area contributed by atoms with Gasteiger partial charge in [-0.05, 0) is 14.0 Å². The van der Waals surface area contributed by atoms with E-state index in [1.54, 1.807) is 0 Å². The van der Waals surface area contributed by atoms with Crippen LogP contribution in [-0.4, -0.2) is 41.5 Å². The summed E-state index contributed by atoms with van der Waals surface area (Å²) in [6.45, 7) is 6.94. The van der Waals surface area contributed by atoms with E-state index < -0.39 is 5.60 Å². The van der Waals surface area contributed by atoms with E-state index in [-0.39, 0.29) is 17.6 Å². The maximum atomic E-state index is 11.4. The Morgan fingerprint density at radius 1 is 1.38 bits per heavy atom. The smallest absolute Gasteiger partial charge is 0.161 e. The molecule has 76 valence electrons. The fourth-order valence-electron chi connectivity index (χ4n) is 2.47. The predicted octanol–water partition coefficient (Wildman–Crippen LogP) is 0.524. The second-order valence-electron chi connectivity index (χ2n) is 4.40. The van der Waals surface area contributed by atoms with E-state index in [4.69, 9.17) is 0 Å². The molecule has 13 heavy (non-hydrogen) atoms. The second-order valence-corrected chi connectivity index (χ2v) is 4.40. The molecular formula is C10H19NO2. The van der Waals surface area contributed by atoms with Crippen molar-refractivity contribution in [1.29, 1.82) is 0 Å². The van der Waals surface area contributed by atoms with Gasteiger partial charge in [-0.1, -0.05) is 13.8 Å². The third-order valence-electron chi connectivity index (χ3n) is 3.24. The van der Waals surface area contributed by atoms with Crippen molar-refractivity contribution in [2.24, 2.45) is 11.8 Å². The maximum Gasteiger partial charge on any atom is 0.161 e. The van der Waals surface area contributed by atoms with E-state index in [1.165, 1.54) is 6.92 Å². The van der Waals surface area contributed by atoms with Gasteiger partial charge in [0.05, 0.1) is 0 Å². The molecule has 1 fully saturated rings. The molecule has 0 unspecified atom stereocenters. The summed E-state index contributed by atoms with van der Waals surface area (Å²) in [5, 5.41) is 10.2. The van der Waals surface area contributed by atoms with Crippen molar-refractivity contribution in [2.75, 3.05) is 20.1 Å². The standard InChI is InChI=1S/C10H19NO2/c1-7-5-11(4)6-8(2)10(7,13)9(3)12/h7-8,13H,5-6H2,1-4H3/t7-,8-/m1/s1. The SMILES string of the molecule is CC(=O)C1(O)[C@H](C)CN(C)C[C@H]1C. The Morgan fingerprint density at radius 2 is 1.77 bits per heavy atom. The van der Waals surface area contributed by atoms with E-state index in [9.17, 15) is 9.90 Å². The lowest BCUT2D eigenvalue weighted by Crippen LogP contribution is -2.59. The van der Waals surface area contributed by atoms with Crippen LogP contribution in [0.5, 0.6) is 0 Å². The van der Waals surface area contributed by atoms with Crippen molar-refractivity contribution in [3.63, 3.8) is 0 Å². The van der Waals surface area contributed by atoms with Crippen LogP contribution in [0.2, 0.25) is 0 Å². The van der Waals surface area contributed by atoms with E-state index in [2.05, 4.69) is 4.90 Å². The fourth-order valence-corrected chi connectivity index (χ4v) is 2.47. The zero-order chi connectivity index (χ0) is 10.2. The number of aliphatic hydroxyl groups is 1. The Kier molecular flexibility index (Phi) is 2.78. The summed E-state index contributed by atoms with van der Waals surface area (Å²) >= 11 is 0. The Labute approximate surface area is 79.7 Å². The topological polar surface area (TPSA) is 40.5 Å². The van der Waals surface area contributed by atoms with Gasteiger partial charge < -0.3 is 10.0 Å². The van der Waals surface area contributed by atoms with Crippen molar-refractivity contribution in [1.82, 2.24) is 4.90 Å². The number of carbonyl (C=O) groups is 1. The third-order valence-corrected chi connectivity index (χ3v) is 3.24. The summed E-state index contributed by atoms with van der Waals surface area (Å²) in [6, 6.07) is 0. The highest BCUT2D eigenvalue weighted by atomic mass is 16.3. The summed E-state index contributed by atoms with van der Waals surface area (Å²) in [6.07, 6.45) is 0. The van der Waals surface area contributed by atoms with Crippen LogP contribution >= 0.6 is 0 Å². The van der Waals surface area contributed by atoms with E-state index in [1.807, 2.05) is 20.9 Å². The lowest BCUT2D eigenvalue weighted by Gasteiger charge is -2.45. The number of nitrogens with zero attached hydrogens (tertiary/aromatic N) is 1. The van der Waals surface area contributed by atoms with Crippen LogP contribution < -0.4 is 0 Å². The summed E-state index contributed by atoms with van der Waals surface area (Å²) in [5.74, 6) is -0.0434. The molecule has 0 saturated carbocycles. The Balaban J connectivity index is 2.89. The predicted molar refractivity (Wildman–Crippen MR) is 51.5 cm³/mol. The number of hydrogen-bond acceptors (Lipinski definition) is 3. The van der Waals surface area contributed by atoms with Gasteiger partial charge in [-0.25, -0.2) is 0 Å². The molecule has 1 saturated heterocycles. The van der Waals surface area contributed by atoms with Gasteiger partial charge in [0.1, 0.15) is 5.60 Å². The zero-order valence-electron chi connectivity index (χ0n) is 8.87. The molecule has 0 spiro atoms. The molecule has 1 aliphatic rings. The highest BCUT2D eigenvalue weighted by Gasteiger charge is 2.47. The van der Waals surface area contributed by atoms with Gasteiger partial charge in [0, 0.05) is 24.9 Å². The van der Waals surface area contributed by atoms with Crippen LogP contribution in [0, 0.1) is 11.8 Å². The second kappa shape index (κ2) is 3.39. The van der Waals surface area contributed by atoms with Crippen molar-refractivity contribution in [3.8, 4) is 0 Å². The number of carbonyl (C=O) groups excluding carboxylic acids is 1. The zero-order valence-corrected chi connectivity index (χ0v) is 8.87. The third kappa shape index (κ3) is 1.63. The number of hydrogen-bond donors (Lipinski definition) is 1. The van der Waals surface area contributed by atoms with Crippen LogP contribution in [0.1, 0.15) is 20.8 Å². The number of ketones is 1. The molecule has 3 heteroatoms. The van der Waals surface area contributed by atoms with Crippen LogP contribution in [-0.2, 0) is 4.79 Å². The number of piperidine rings is 1. The van der Waals surface area contributed by atoms with E-state index in [0.29, 0.717) is 0 Å². The van der Waals surface area contributed by atoms with Crippen LogP contribution in [0.15, 0.2) is 0 Å². The number of Topliss-reactive ketones (excluding diaryl/α,β-unsaturated/α-hetero) is 1. The molecule has 0 bridgehead atoms. The minimum absolute atomic E-state index is 0.0266. The summed E-state index contributed by atoms with van der Waals surface area (Å²) in [7, 11) is 2.02. The largest absolute Gasteiger partial charge is 0.381 e. The quantitative estimate of drug-likeness (QED) is 0.647. The minimum atomic E-state index is -1.10. The first-order chi connectivity index (χ1) is 5.89. The van der Waals surface area contributed by atoms with Crippen molar-refractivity contribution in [2.45, 2.75) is 26.4 Å². The molecule has 0 amide bonds. The number of likely N-dealkylation sites (tertiary alicyclic amines) is 1. The first-order valence-corrected chi connectivity index (χ1v) is 4.81. The van der Waals surface area contributed by atoms with Crippen molar-refractivity contribution >= 4 is 5.78 Å². The summed E-state index contributed by atoms with van der Waals surface area (Å²) in [5.41, 5.74) is -1.10. The van der Waals surface area contributed by atoms with Crippen LogP contribution in [0.4, 0.5) is 0 Å². The molecule has 3 nitrogen and oxygen atoms in total. The first-order valence-electron chi connectivity index (χ1n) is 4.81. The average Bonchev–Trinajstić information content (AvgIpc) is 1.99. The van der Waals surface area contributed by atoms with Gasteiger partial charge >= 0.3 is 0 Å². The van der Waals surface area contributed by atoms with Gasteiger partial charge in [0.15, 0.2) is 5.78 Å². The molecule has 0 radical (unpaired) electrons. The molecule has 0 aromatic heterocycles. The monoisotopic (exact) mass is 185 g/mol. The van der Waals surface area contributed by atoms with E-state index in [0.717, 1.165) is 13.1 Å². The van der Waals surface area contributed by atoms with Gasteiger partial charge in [-0.2, -0.15) is 0 Å². The first kappa shape index (κ1) is 10.7. The Hall–Kier alpha value is -0.410. The number of rotatable bonds is 1. The maximum absolute atomic E-state index is 11.4. The highest BCUT2D eigenvalue weighted by Crippen LogP contribution is 2.32. The molecule has 1 heterocycles. The molecule has 0 aromatic rings.